The number of halogens is 1. The number of benzene rings is 2. The molecule has 2 atom stereocenters. The molecular weight excluding hydrogens is 452 g/mol. The number of ether oxygens (including phenoxy) is 2. The summed E-state index contributed by atoms with van der Waals surface area (Å²) in [6.45, 7) is 3.34. The smallest absolute Gasteiger partial charge is 0.408 e. The maximum Gasteiger partial charge on any atom is 0.408 e. The van der Waals surface area contributed by atoms with Crippen molar-refractivity contribution in [3.05, 3.63) is 71.3 Å². The van der Waals surface area contributed by atoms with E-state index in [9.17, 15) is 18.5 Å². The number of esters is 1. The van der Waals surface area contributed by atoms with Crippen molar-refractivity contribution in [1.82, 2.24) is 5.32 Å². The second kappa shape index (κ2) is 13.1. The SMILES string of the molecule is CCOP(=O)(OCC)[C@@H](F)c1ccc(C[C@H](NC(=O)OCc2ccccc2)C(=O)OC)cc1. The molecule has 0 fully saturated rings. The largest absolute Gasteiger partial charge is 0.467 e. The molecule has 180 valence electrons. The first-order valence-electron chi connectivity index (χ1n) is 10.5. The topological polar surface area (TPSA) is 100 Å². The Morgan fingerprint density at radius 2 is 1.58 bits per heavy atom. The molecule has 8 nitrogen and oxygen atoms in total. The van der Waals surface area contributed by atoms with Gasteiger partial charge in [0.05, 0.1) is 20.3 Å². The number of rotatable bonds is 12. The molecule has 2 aromatic carbocycles. The van der Waals surface area contributed by atoms with Gasteiger partial charge in [0.2, 0.25) is 5.91 Å². The van der Waals surface area contributed by atoms with E-state index < -0.39 is 31.6 Å². The van der Waals surface area contributed by atoms with Crippen LogP contribution in [-0.4, -0.2) is 38.4 Å². The first kappa shape index (κ1) is 26.5. The van der Waals surface area contributed by atoms with Crippen LogP contribution in [0.5, 0.6) is 0 Å². The number of alkyl carbamates (subject to hydrolysis) is 1. The van der Waals surface area contributed by atoms with Crippen molar-refractivity contribution in [3.8, 4) is 0 Å². The van der Waals surface area contributed by atoms with Gasteiger partial charge >= 0.3 is 19.7 Å². The summed E-state index contributed by atoms with van der Waals surface area (Å²) in [6, 6.07) is 14.1. The van der Waals surface area contributed by atoms with Gasteiger partial charge in [-0.2, -0.15) is 0 Å². The molecule has 0 bridgehead atoms. The molecule has 0 aliphatic rings. The van der Waals surface area contributed by atoms with Crippen LogP contribution in [0.2, 0.25) is 0 Å². The molecule has 1 amide bonds. The van der Waals surface area contributed by atoms with Crippen LogP contribution >= 0.6 is 7.60 Å². The zero-order chi connectivity index (χ0) is 24.3. The highest BCUT2D eigenvalue weighted by Gasteiger charge is 2.37. The Kier molecular flexibility index (Phi) is 10.5. The molecule has 10 heteroatoms. The zero-order valence-electron chi connectivity index (χ0n) is 18.9. The second-order valence-corrected chi connectivity index (χ2v) is 8.99. The van der Waals surface area contributed by atoms with E-state index in [4.69, 9.17) is 18.5 Å². The zero-order valence-corrected chi connectivity index (χ0v) is 19.8. The molecule has 0 saturated heterocycles. The number of methoxy groups -OCH3 is 1. The highest BCUT2D eigenvalue weighted by molar-refractivity contribution is 7.54. The molecular formula is C23H29FNO7P. The number of amides is 1. The van der Waals surface area contributed by atoms with Gasteiger partial charge < -0.3 is 23.8 Å². The number of alkyl halides is 1. The molecule has 0 aliphatic heterocycles. The summed E-state index contributed by atoms with van der Waals surface area (Å²) in [7, 11) is -2.75. The fourth-order valence-electron chi connectivity index (χ4n) is 3.00. The summed E-state index contributed by atoms with van der Waals surface area (Å²) >= 11 is 0. The highest BCUT2D eigenvalue weighted by atomic mass is 31.2. The molecule has 0 aliphatic carbocycles. The molecule has 2 aromatic rings. The third-order valence-corrected chi connectivity index (χ3v) is 6.67. The monoisotopic (exact) mass is 481 g/mol. The van der Waals surface area contributed by atoms with Crippen molar-refractivity contribution in [1.29, 1.82) is 0 Å². The molecule has 0 unspecified atom stereocenters. The molecule has 0 aromatic heterocycles. The predicted molar refractivity (Wildman–Crippen MR) is 120 cm³/mol. The summed E-state index contributed by atoms with van der Waals surface area (Å²) in [4.78, 5) is 24.3. The predicted octanol–water partition coefficient (Wildman–Crippen LogP) is 4.93. The van der Waals surface area contributed by atoms with Crippen molar-refractivity contribution in [2.75, 3.05) is 20.3 Å². The summed E-state index contributed by atoms with van der Waals surface area (Å²) in [5.74, 6) is -2.61. The van der Waals surface area contributed by atoms with Crippen LogP contribution in [-0.2, 0) is 40.9 Å². The molecule has 0 saturated carbocycles. The Labute approximate surface area is 192 Å². The van der Waals surface area contributed by atoms with Gasteiger partial charge in [-0.05, 0) is 30.5 Å². The maximum absolute atomic E-state index is 14.9. The van der Waals surface area contributed by atoms with Crippen molar-refractivity contribution >= 4 is 19.7 Å². The van der Waals surface area contributed by atoms with E-state index in [1.165, 1.54) is 19.2 Å². The Morgan fingerprint density at radius 3 is 2.12 bits per heavy atom. The number of hydrogen-bond donors (Lipinski definition) is 1. The number of carbonyl (C=O) groups is 2. The van der Waals surface area contributed by atoms with Crippen LogP contribution in [0.3, 0.4) is 0 Å². The summed E-state index contributed by atoms with van der Waals surface area (Å²) < 4.78 is 47.6. The van der Waals surface area contributed by atoms with Crippen molar-refractivity contribution < 1.29 is 37.1 Å². The maximum atomic E-state index is 14.9. The quantitative estimate of drug-likeness (QED) is 0.339. The van der Waals surface area contributed by atoms with Crippen LogP contribution in [0, 0.1) is 0 Å². The normalized spacial score (nSPS) is 13.1. The van der Waals surface area contributed by atoms with Crippen LogP contribution in [0.1, 0.15) is 36.5 Å². The lowest BCUT2D eigenvalue weighted by molar-refractivity contribution is -0.143. The van der Waals surface area contributed by atoms with Crippen LogP contribution in [0.4, 0.5) is 9.18 Å². The Hall–Kier alpha value is -2.74. The lowest BCUT2D eigenvalue weighted by Gasteiger charge is -2.21. The summed E-state index contributed by atoms with van der Waals surface area (Å²) in [5, 5.41) is 2.49. The minimum absolute atomic E-state index is 0.0443. The summed E-state index contributed by atoms with van der Waals surface area (Å²) in [5.41, 5.74) is 1.54. The van der Waals surface area contributed by atoms with Gasteiger partial charge in [0.15, 0.2) is 0 Å². The van der Waals surface area contributed by atoms with Gasteiger partial charge in [-0.15, -0.1) is 0 Å². The summed E-state index contributed by atoms with van der Waals surface area (Å²) in [6.07, 6.45) is -0.692. The second-order valence-electron chi connectivity index (χ2n) is 6.94. The molecule has 2 rings (SSSR count). The lowest BCUT2D eigenvalue weighted by atomic mass is 10.0. The molecule has 0 radical (unpaired) electrons. The Balaban J connectivity index is 2.04. The van der Waals surface area contributed by atoms with Crippen molar-refractivity contribution in [2.45, 2.75) is 38.8 Å². The van der Waals surface area contributed by atoms with E-state index in [1.807, 2.05) is 18.2 Å². The van der Waals surface area contributed by atoms with E-state index in [0.717, 1.165) is 5.56 Å². The van der Waals surface area contributed by atoms with Crippen LogP contribution in [0.25, 0.3) is 0 Å². The fourth-order valence-corrected chi connectivity index (χ4v) is 4.59. The average Bonchev–Trinajstić information content (AvgIpc) is 2.82. The van der Waals surface area contributed by atoms with Gasteiger partial charge in [0.25, 0.3) is 0 Å². The van der Waals surface area contributed by atoms with Crippen molar-refractivity contribution in [2.24, 2.45) is 0 Å². The third kappa shape index (κ3) is 7.96. The minimum Gasteiger partial charge on any atom is -0.467 e. The van der Waals surface area contributed by atoms with E-state index in [-0.39, 0.29) is 31.8 Å². The lowest BCUT2D eigenvalue weighted by Crippen LogP contribution is -2.43. The van der Waals surface area contributed by atoms with Gasteiger partial charge in [-0.25, -0.2) is 14.0 Å². The highest BCUT2D eigenvalue weighted by Crippen LogP contribution is 2.61. The fraction of sp³-hybridized carbons (Fsp3) is 0.391. The van der Waals surface area contributed by atoms with Crippen LogP contribution < -0.4 is 5.32 Å². The molecule has 0 heterocycles. The molecule has 33 heavy (non-hydrogen) atoms. The van der Waals surface area contributed by atoms with Crippen molar-refractivity contribution in [3.63, 3.8) is 0 Å². The van der Waals surface area contributed by atoms with E-state index >= 15 is 0 Å². The van der Waals surface area contributed by atoms with Gasteiger partial charge in [-0.1, -0.05) is 54.6 Å². The first-order valence-corrected chi connectivity index (χ1v) is 12.1. The number of hydrogen-bond acceptors (Lipinski definition) is 7. The van der Waals surface area contributed by atoms with Crippen LogP contribution in [0.15, 0.2) is 54.6 Å². The molecule has 1 N–H and O–H groups in total. The first-order chi connectivity index (χ1) is 15.8. The third-order valence-electron chi connectivity index (χ3n) is 4.58. The molecule has 0 spiro atoms. The number of nitrogens with one attached hydrogen (secondary N) is 1. The van der Waals surface area contributed by atoms with Gasteiger partial charge in [0.1, 0.15) is 12.6 Å². The minimum atomic E-state index is -3.96. The van der Waals surface area contributed by atoms with E-state index in [1.54, 1.807) is 38.1 Å². The standard InChI is InChI=1S/C23H29FNO7P/c1-4-31-33(28,32-5-2)21(24)19-13-11-17(12-14-19)15-20(22(26)29-3)25-23(27)30-16-18-9-7-6-8-10-18/h6-14,20-21H,4-5,15-16H2,1-3H3,(H,25,27)/t20-,21+/m0/s1. The van der Waals surface area contributed by atoms with E-state index in [0.29, 0.717) is 5.56 Å². The van der Waals surface area contributed by atoms with E-state index in [2.05, 4.69) is 5.32 Å². The Bertz CT molecular complexity index is 930. The Morgan fingerprint density at radius 1 is 0.970 bits per heavy atom. The average molecular weight is 481 g/mol. The number of carbonyl (C=O) groups excluding carboxylic acids is 2. The van der Waals surface area contributed by atoms with Gasteiger partial charge in [-0.3, -0.25) is 4.57 Å². The van der Waals surface area contributed by atoms with Gasteiger partial charge in [0, 0.05) is 6.42 Å².